The Bertz CT molecular complexity index is 1110. The van der Waals surface area contributed by atoms with E-state index in [1.807, 2.05) is 0 Å². The molecular formula is C20H19ClN2O6. The number of ether oxygens (including phenoxy) is 1. The molecule has 2 aliphatic rings. The zero-order chi connectivity index (χ0) is 20.9. The van der Waals surface area contributed by atoms with Crippen LogP contribution >= 0.6 is 11.6 Å². The maximum absolute atomic E-state index is 12.6. The molecule has 1 aromatic carbocycles. The van der Waals surface area contributed by atoms with E-state index in [9.17, 15) is 19.2 Å². The predicted octanol–water partition coefficient (Wildman–Crippen LogP) is 2.52. The van der Waals surface area contributed by atoms with Crippen molar-refractivity contribution >= 4 is 40.5 Å². The molecule has 4 rings (SSSR count). The van der Waals surface area contributed by atoms with Crippen molar-refractivity contribution in [3.05, 3.63) is 44.8 Å². The van der Waals surface area contributed by atoms with Crippen LogP contribution < -0.4 is 10.9 Å². The first-order valence-corrected chi connectivity index (χ1v) is 9.59. The molecule has 1 atom stereocenters. The Morgan fingerprint density at radius 2 is 2.03 bits per heavy atom. The predicted molar refractivity (Wildman–Crippen MR) is 103 cm³/mol. The number of nitrogens with zero attached hydrogens (tertiary/aromatic N) is 1. The number of fused-ring (bicyclic) bond motifs is 1. The molecule has 29 heavy (non-hydrogen) atoms. The highest BCUT2D eigenvalue weighted by atomic mass is 35.5. The molecule has 1 saturated carbocycles. The molecule has 1 aliphatic carbocycles. The minimum absolute atomic E-state index is 0.100. The van der Waals surface area contributed by atoms with Crippen molar-refractivity contribution in [2.75, 3.05) is 6.54 Å². The van der Waals surface area contributed by atoms with Gasteiger partial charge < -0.3 is 14.5 Å². The Balaban J connectivity index is 1.48. The first-order valence-electron chi connectivity index (χ1n) is 9.21. The van der Waals surface area contributed by atoms with Crippen LogP contribution in [0.4, 0.5) is 4.79 Å². The fourth-order valence-corrected chi connectivity index (χ4v) is 3.76. The lowest BCUT2D eigenvalue weighted by Crippen LogP contribution is -2.46. The van der Waals surface area contributed by atoms with Crippen LogP contribution in [0.3, 0.4) is 0 Å². The number of urea groups is 1. The van der Waals surface area contributed by atoms with Gasteiger partial charge in [0.05, 0.1) is 0 Å². The normalized spacial score (nSPS) is 21.6. The first kappa shape index (κ1) is 19.4. The van der Waals surface area contributed by atoms with Crippen molar-refractivity contribution in [1.29, 1.82) is 0 Å². The minimum Gasteiger partial charge on any atom is -0.459 e. The molecule has 0 unspecified atom stereocenters. The second-order valence-corrected chi connectivity index (χ2v) is 8.05. The topological polar surface area (TPSA) is 106 Å². The van der Waals surface area contributed by atoms with Gasteiger partial charge in [-0.3, -0.25) is 14.5 Å². The molecule has 3 amide bonds. The molecule has 1 aromatic heterocycles. The van der Waals surface area contributed by atoms with Gasteiger partial charge in [-0.15, -0.1) is 0 Å². The van der Waals surface area contributed by atoms with Crippen LogP contribution in [0, 0.1) is 12.8 Å². The average molecular weight is 419 g/mol. The average Bonchev–Trinajstić information content (AvgIpc) is 3.47. The molecule has 1 aliphatic heterocycles. The number of aryl methyl sites for hydroxylation is 1. The van der Waals surface area contributed by atoms with Gasteiger partial charge in [0.25, 0.3) is 5.91 Å². The summed E-state index contributed by atoms with van der Waals surface area (Å²) in [6.07, 6.45) is 1.74. The summed E-state index contributed by atoms with van der Waals surface area (Å²) in [6.45, 7) is 2.75. The Morgan fingerprint density at radius 1 is 1.31 bits per heavy atom. The van der Waals surface area contributed by atoms with E-state index in [1.165, 1.54) is 6.07 Å². The largest absolute Gasteiger partial charge is 0.459 e. The second kappa shape index (κ2) is 6.88. The summed E-state index contributed by atoms with van der Waals surface area (Å²) in [5, 5.41) is 3.71. The van der Waals surface area contributed by atoms with Gasteiger partial charge in [0.15, 0.2) is 0 Å². The van der Waals surface area contributed by atoms with E-state index < -0.39 is 35.6 Å². The highest BCUT2D eigenvalue weighted by Gasteiger charge is 2.56. The lowest BCUT2D eigenvalue weighted by atomic mass is 9.96. The maximum atomic E-state index is 12.6. The van der Waals surface area contributed by atoms with Gasteiger partial charge in [-0.1, -0.05) is 11.6 Å². The summed E-state index contributed by atoms with van der Waals surface area (Å²) >= 11 is 6.15. The standard InChI is InChI=1S/C20H19ClN2O6/c1-10-5-15-13(7-14(10)21)11(6-16(24)29-15)9-28-17(25)8-23-18(26)20(2,12-3-4-12)22-19(23)27/h5-7,12H,3-4,8-9H2,1-2H3,(H,22,27)/t20-/m1/s1. The van der Waals surface area contributed by atoms with Crippen LogP contribution in [-0.4, -0.2) is 34.9 Å². The Hall–Kier alpha value is -2.87. The molecule has 1 saturated heterocycles. The van der Waals surface area contributed by atoms with Crippen LogP contribution in [0.25, 0.3) is 11.0 Å². The van der Waals surface area contributed by atoms with Gasteiger partial charge in [-0.25, -0.2) is 9.59 Å². The quantitative estimate of drug-likeness (QED) is 0.454. The smallest absolute Gasteiger partial charge is 0.336 e. The molecule has 1 N–H and O–H groups in total. The van der Waals surface area contributed by atoms with Crippen LogP contribution in [0.15, 0.2) is 27.4 Å². The van der Waals surface area contributed by atoms with Gasteiger partial charge in [-0.05, 0) is 50.3 Å². The van der Waals surface area contributed by atoms with E-state index in [1.54, 1.807) is 26.0 Å². The van der Waals surface area contributed by atoms with E-state index in [4.69, 9.17) is 20.8 Å². The van der Waals surface area contributed by atoms with Gasteiger partial charge in [0.1, 0.15) is 24.3 Å². The third-order valence-electron chi connectivity index (χ3n) is 5.48. The second-order valence-electron chi connectivity index (χ2n) is 7.65. The van der Waals surface area contributed by atoms with Crippen molar-refractivity contribution in [3.63, 3.8) is 0 Å². The van der Waals surface area contributed by atoms with Crippen molar-refractivity contribution < 1.29 is 23.5 Å². The zero-order valence-corrected chi connectivity index (χ0v) is 16.7. The first-order chi connectivity index (χ1) is 13.7. The molecule has 0 spiro atoms. The fraction of sp³-hybridized carbons (Fsp3) is 0.400. The fourth-order valence-electron chi connectivity index (χ4n) is 3.60. The van der Waals surface area contributed by atoms with Crippen molar-refractivity contribution in [1.82, 2.24) is 10.2 Å². The number of amides is 3. The molecule has 8 nitrogen and oxygen atoms in total. The van der Waals surface area contributed by atoms with E-state index in [0.29, 0.717) is 21.6 Å². The molecule has 2 aromatic rings. The highest BCUT2D eigenvalue weighted by Crippen LogP contribution is 2.42. The summed E-state index contributed by atoms with van der Waals surface area (Å²) in [4.78, 5) is 49.7. The van der Waals surface area contributed by atoms with E-state index in [-0.39, 0.29) is 12.5 Å². The van der Waals surface area contributed by atoms with Crippen LogP contribution in [0.2, 0.25) is 5.02 Å². The molecule has 0 radical (unpaired) electrons. The van der Waals surface area contributed by atoms with Crippen LogP contribution in [0.1, 0.15) is 30.9 Å². The van der Waals surface area contributed by atoms with Crippen molar-refractivity contribution in [3.8, 4) is 0 Å². The third-order valence-corrected chi connectivity index (χ3v) is 5.89. The third kappa shape index (κ3) is 3.48. The summed E-state index contributed by atoms with van der Waals surface area (Å²) in [5.74, 6) is -1.08. The maximum Gasteiger partial charge on any atom is 0.336 e. The Kier molecular flexibility index (Phi) is 4.61. The number of hydrogen-bond acceptors (Lipinski definition) is 6. The molecule has 2 fully saturated rings. The van der Waals surface area contributed by atoms with E-state index >= 15 is 0 Å². The molecule has 9 heteroatoms. The lowest BCUT2D eigenvalue weighted by molar-refractivity contribution is -0.148. The van der Waals surface area contributed by atoms with Gasteiger partial charge in [0, 0.05) is 22.0 Å². The van der Waals surface area contributed by atoms with Crippen LogP contribution in [0.5, 0.6) is 0 Å². The number of imide groups is 1. The monoisotopic (exact) mass is 418 g/mol. The lowest BCUT2D eigenvalue weighted by Gasteiger charge is -2.20. The molecule has 0 bridgehead atoms. The number of rotatable bonds is 5. The van der Waals surface area contributed by atoms with Gasteiger partial charge >= 0.3 is 17.6 Å². The molecule has 152 valence electrons. The summed E-state index contributed by atoms with van der Waals surface area (Å²) in [6, 6.07) is 3.89. The summed E-state index contributed by atoms with van der Waals surface area (Å²) < 4.78 is 10.4. The number of carbonyl (C=O) groups excluding carboxylic acids is 3. The zero-order valence-electron chi connectivity index (χ0n) is 15.9. The number of carbonyl (C=O) groups is 3. The number of hydrogen-bond donors (Lipinski definition) is 1. The van der Waals surface area contributed by atoms with Gasteiger partial charge in [-0.2, -0.15) is 0 Å². The minimum atomic E-state index is -0.958. The number of esters is 1. The van der Waals surface area contributed by atoms with Crippen molar-refractivity contribution in [2.45, 2.75) is 38.8 Å². The SMILES string of the molecule is Cc1cc2oc(=O)cc(COC(=O)CN3C(=O)N[C@](C)(C4CC4)C3=O)c2cc1Cl. The molecular weight excluding hydrogens is 400 g/mol. The summed E-state index contributed by atoms with van der Waals surface area (Å²) in [7, 11) is 0. The Labute approximate surface area is 170 Å². The molecule has 2 heterocycles. The van der Waals surface area contributed by atoms with E-state index in [0.717, 1.165) is 23.3 Å². The van der Waals surface area contributed by atoms with Gasteiger partial charge in [0.2, 0.25) is 0 Å². The van der Waals surface area contributed by atoms with E-state index in [2.05, 4.69) is 5.32 Å². The number of nitrogens with one attached hydrogen (secondary N) is 1. The van der Waals surface area contributed by atoms with Crippen molar-refractivity contribution in [2.24, 2.45) is 5.92 Å². The van der Waals surface area contributed by atoms with Crippen LogP contribution in [-0.2, 0) is 20.9 Å². The number of halogens is 1. The summed E-state index contributed by atoms with van der Waals surface area (Å²) in [5.41, 5.74) is -0.0415. The highest BCUT2D eigenvalue weighted by molar-refractivity contribution is 6.32. The Morgan fingerprint density at radius 3 is 2.72 bits per heavy atom. The number of benzene rings is 1.